The third-order valence-corrected chi connectivity index (χ3v) is 3.37. The standard InChI is InChI=1S/C10H9O.C9H7.2CH3O.Ti/c1-11-10-6-8-4-2-3-5-9(8)7-10;1-2-5-9-7-3-6-8(9)4-1;2*1-2;/h2-7H,1H3;1-7H;2*1H3;/q4*-1;+4. The minimum Gasteiger partial charge on any atom is -0.857 e. The number of hydrogen-bond acceptors (Lipinski definition) is 3. The van der Waals surface area contributed by atoms with Crippen LogP contribution < -0.4 is 14.9 Å². The third-order valence-electron chi connectivity index (χ3n) is 3.37. The Morgan fingerprint density at radius 2 is 1.32 bits per heavy atom. The maximum absolute atomic E-state index is 8.25. The minimum absolute atomic E-state index is 0. The predicted molar refractivity (Wildman–Crippen MR) is 97.5 cm³/mol. The summed E-state index contributed by atoms with van der Waals surface area (Å²) in [4.78, 5) is 0. The van der Waals surface area contributed by atoms with Crippen LogP contribution in [0.1, 0.15) is 0 Å². The maximum Gasteiger partial charge on any atom is 4.00 e. The summed E-state index contributed by atoms with van der Waals surface area (Å²) in [6, 6.07) is 27.0. The largest absolute Gasteiger partial charge is 4.00 e. The summed E-state index contributed by atoms with van der Waals surface area (Å²) >= 11 is 0. The zero-order chi connectivity index (χ0) is 17.8. The number of rotatable bonds is 1. The molecule has 0 aliphatic rings. The molecule has 4 aromatic rings. The molecule has 4 aromatic carbocycles. The monoisotopic (exact) mass is 370 g/mol. The Hall–Kier alpha value is -1.91. The Kier molecular flexibility index (Phi) is 12.4. The Morgan fingerprint density at radius 1 is 0.760 bits per heavy atom. The van der Waals surface area contributed by atoms with Gasteiger partial charge in [-0.2, -0.15) is 31.7 Å². The van der Waals surface area contributed by atoms with Gasteiger partial charge in [-0.25, -0.2) is 0 Å². The molecule has 0 amide bonds. The summed E-state index contributed by atoms with van der Waals surface area (Å²) in [7, 11) is 3.19. The molecule has 3 nitrogen and oxygen atoms in total. The summed E-state index contributed by atoms with van der Waals surface area (Å²) < 4.78 is 5.10. The molecule has 0 atom stereocenters. The number of benzene rings is 2. The molecule has 0 aromatic heterocycles. The fraction of sp³-hybridized carbons (Fsp3) is 0.143. The van der Waals surface area contributed by atoms with Crippen LogP contribution in [0, 0.1) is 0 Å². The molecule has 4 heteroatoms. The summed E-state index contributed by atoms with van der Waals surface area (Å²) in [5.41, 5.74) is 0. The average molecular weight is 370 g/mol. The van der Waals surface area contributed by atoms with Gasteiger partial charge in [-0.3, -0.25) is 0 Å². The predicted octanol–water partition coefficient (Wildman–Crippen LogP) is 3.08. The molecule has 0 aliphatic heterocycles. The van der Waals surface area contributed by atoms with Crippen molar-refractivity contribution in [2.24, 2.45) is 0 Å². The zero-order valence-corrected chi connectivity index (χ0v) is 16.3. The zero-order valence-electron chi connectivity index (χ0n) is 14.7. The fourth-order valence-corrected chi connectivity index (χ4v) is 2.31. The first-order valence-corrected chi connectivity index (χ1v) is 7.48. The van der Waals surface area contributed by atoms with Gasteiger partial charge in [-0.05, 0) is 0 Å². The Morgan fingerprint density at radius 3 is 1.88 bits per heavy atom. The van der Waals surface area contributed by atoms with Crippen LogP contribution in [0.3, 0.4) is 0 Å². The van der Waals surface area contributed by atoms with Gasteiger partial charge < -0.3 is 14.9 Å². The molecule has 0 radical (unpaired) electrons. The topological polar surface area (TPSA) is 55.3 Å². The molecule has 0 bridgehead atoms. The molecule has 0 heterocycles. The molecule has 0 aliphatic carbocycles. The van der Waals surface area contributed by atoms with E-state index in [0.717, 1.165) is 20.0 Å². The Labute approximate surface area is 164 Å². The molecule has 0 spiro atoms. The van der Waals surface area contributed by atoms with Gasteiger partial charge in [-0.15, -0.1) is 70.8 Å². The first-order valence-electron chi connectivity index (χ1n) is 7.48. The van der Waals surface area contributed by atoms with Crippen LogP contribution in [0.15, 0.2) is 78.9 Å². The van der Waals surface area contributed by atoms with Gasteiger partial charge in [0.05, 0.1) is 7.11 Å². The van der Waals surface area contributed by atoms with E-state index in [1.807, 2.05) is 24.3 Å². The van der Waals surface area contributed by atoms with Gasteiger partial charge in [0, 0.05) is 5.75 Å². The van der Waals surface area contributed by atoms with Crippen molar-refractivity contribution in [3.63, 3.8) is 0 Å². The van der Waals surface area contributed by atoms with Crippen LogP contribution in [0.2, 0.25) is 0 Å². The summed E-state index contributed by atoms with van der Waals surface area (Å²) in [6.07, 6.45) is 0. The van der Waals surface area contributed by atoms with Crippen molar-refractivity contribution < 1.29 is 36.7 Å². The van der Waals surface area contributed by atoms with Crippen LogP contribution in [-0.2, 0) is 21.7 Å². The van der Waals surface area contributed by atoms with Crippen molar-refractivity contribution in [2.45, 2.75) is 0 Å². The van der Waals surface area contributed by atoms with Gasteiger partial charge in [0.25, 0.3) is 0 Å². The molecule has 128 valence electrons. The second kappa shape index (κ2) is 13.4. The molecular formula is C21H22O3Ti. The van der Waals surface area contributed by atoms with Crippen molar-refractivity contribution in [1.82, 2.24) is 0 Å². The average Bonchev–Trinajstić information content (AvgIpc) is 3.31. The van der Waals surface area contributed by atoms with Crippen molar-refractivity contribution in [3.05, 3.63) is 78.9 Å². The van der Waals surface area contributed by atoms with E-state index in [1.165, 1.54) is 21.5 Å². The minimum atomic E-state index is 0. The second-order valence-electron chi connectivity index (χ2n) is 4.68. The molecular weight excluding hydrogens is 348 g/mol. The molecule has 0 saturated carbocycles. The van der Waals surface area contributed by atoms with Crippen molar-refractivity contribution in [2.75, 3.05) is 21.3 Å². The van der Waals surface area contributed by atoms with E-state index in [-0.39, 0.29) is 21.7 Å². The first-order chi connectivity index (χ1) is 11.9. The molecule has 4 rings (SSSR count). The second-order valence-corrected chi connectivity index (χ2v) is 4.68. The number of ether oxygens (including phenoxy) is 1. The van der Waals surface area contributed by atoms with Crippen LogP contribution in [-0.4, -0.2) is 21.3 Å². The van der Waals surface area contributed by atoms with Gasteiger partial charge in [0.2, 0.25) is 0 Å². The summed E-state index contributed by atoms with van der Waals surface area (Å²) in [5.74, 6) is 0.936. The van der Waals surface area contributed by atoms with Crippen molar-refractivity contribution in [3.8, 4) is 5.75 Å². The summed E-state index contributed by atoms with van der Waals surface area (Å²) in [5, 5.41) is 21.6. The van der Waals surface area contributed by atoms with E-state index in [1.54, 1.807) is 7.11 Å². The van der Waals surface area contributed by atoms with E-state index in [4.69, 9.17) is 14.9 Å². The molecule has 0 N–H and O–H groups in total. The number of hydrogen-bond donors (Lipinski definition) is 0. The normalized spacial score (nSPS) is 8.68. The van der Waals surface area contributed by atoms with Gasteiger partial charge in [0.15, 0.2) is 0 Å². The van der Waals surface area contributed by atoms with E-state index in [0.29, 0.717) is 0 Å². The molecule has 25 heavy (non-hydrogen) atoms. The van der Waals surface area contributed by atoms with Crippen LogP contribution >= 0.6 is 0 Å². The SMILES string of the molecule is COc1cc2ccccc2[cH-]1.C[O-].C[O-].[Ti+4].c1ccc2[cH-]ccc2c1. The van der Waals surface area contributed by atoms with Gasteiger partial charge >= 0.3 is 21.7 Å². The molecule has 0 saturated heterocycles. The van der Waals surface area contributed by atoms with E-state index in [2.05, 4.69) is 54.6 Å². The number of fused-ring (bicyclic) bond motifs is 2. The Balaban J connectivity index is 0.000000377. The molecule has 0 fully saturated rings. The summed E-state index contributed by atoms with van der Waals surface area (Å²) in [6.45, 7) is 0. The van der Waals surface area contributed by atoms with Crippen molar-refractivity contribution >= 4 is 21.5 Å². The van der Waals surface area contributed by atoms with E-state index in [9.17, 15) is 0 Å². The van der Waals surface area contributed by atoms with Gasteiger partial charge in [0.1, 0.15) is 0 Å². The van der Waals surface area contributed by atoms with Crippen LogP contribution in [0.25, 0.3) is 21.5 Å². The van der Waals surface area contributed by atoms with Gasteiger partial charge in [-0.1, -0.05) is 12.1 Å². The maximum atomic E-state index is 8.25. The smallest absolute Gasteiger partial charge is 0.857 e. The number of methoxy groups -OCH3 is 1. The first kappa shape index (κ1) is 23.1. The van der Waals surface area contributed by atoms with Crippen LogP contribution in [0.5, 0.6) is 5.75 Å². The molecule has 0 unspecified atom stereocenters. The van der Waals surface area contributed by atoms with E-state index < -0.39 is 0 Å². The quantitative estimate of drug-likeness (QED) is 0.382. The van der Waals surface area contributed by atoms with Crippen LogP contribution in [0.4, 0.5) is 0 Å². The van der Waals surface area contributed by atoms with Crippen molar-refractivity contribution in [1.29, 1.82) is 0 Å². The third kappa shape index (κ3) is 6.85. The Bertz CT molecular complexity index is 755. The van der Waals surface area contributed by atoms with E-state index >= 15 is 0 Å². The fourth-order valence-electron chi connectivity index (χ4n) is 2.31.